The molecule has 0 aliphatic carbocycles. The van der Waals surface area contributed by atoms with Crippen molar-refractivity contribution in [3.05, 3.63) is 23.7 Å². The average Bonchev–Trinajstić information content (AvgIpc) is 2.67. The molecule has 1 aliphatic rings. The standard InChI is InChI=1S/C11H18N2O/c12-8-10-4-5-11(14-10)9-13-6-2-1-3-7-13/h4-5H,1-3,6-9,12H2. The van der Waals surface area contributed by atoms with Gasteiger partial charge < -0.3 is 10.2 Å². The topological polar surface area (TPSA) is 42.4 Å². The summed E-state index contributed by atoms with van der Waals surface area (Å²) in [5, 5.41) is 0. The number of rotatable bonds is 3. The Kier molecular flexibility index (Phi) is 3.22. The van der Waals surface area contributed by atoms with Crippen LogP contribution in [0.15, 0.2) is 16.5 Å². The number of furan rings is 1. The Hall–Kier alpha value is -0.800. The molecule has 1 aromatic rings. The van der Waals surface area contributed by atoms with E-state index < -0.39 is 0 Å². The summed E-state index contributed by atoms with van der Waals surface area (Å²) in [7, 11) is 0. The first-order valence-electron chi connectivity index (χ1n) is 5.38. The molecule has 1 aromatic heterocycles. The largest absolute Gasteiger partial charge is 0.463 e. The van der Waals surface area contributed by atoms with Crippen LogP contribution in [0.1, 0.15) is 30.8 Å². The third kappa shape index (κ3) is 2.36. The second-order valence-electron chi connectivity index (χ2n) is 3.91. The Balaban J connectivity index is 1.89. The molecule has 0 radical (unpaired) electrons. The molecule has 14 heavy (non-hydrogen) atoms. The van der Waals surface area contributed by atoms with Crippen LogP contribution in [0.25, 0.3) is 0 Å². The van der Waals surface area contributed by atoms with Crippen LogP contribution >= 0.6 is 0 Å². The summed E-state index contributed by atoms with van der Waals surface area (Å²) in [6.07, 6.45) is 4.03. The predicted molar refractivity (Wildman–Crippen MR) is 55.7 cm³/mol. The van der Waals surface area contributed by atoms with E-state index in [-0.39, 0.29) is 0 Å². The van der Waals surface area contributed by atoms with Gasteiger partial charge in [0.2, 0.25) is 0 Å². The van der Waals surface area contributed by atoms with Gasteiger partial charge in [-0.25, -0.2) is 0 Å². The molecule has 0 amide bonds. The van der Waals surface area contributed by atoms with Gasteiger partial charge in [0.05, 0.1) is 13.1 Å². The highest BCUT2D eigenvalue weighted by atomic mass is 16.3. The second-order valence-corrected chi connectivity index (χ2v) is 3.91. The zero-order chi connectivity index (χ0) is 9.80. The summed E-state index contributed by atoms with van der Waals surface area (Å²) in [6, 6.07) is 4.01. The van der Waals surface area contributed by atoms with Gasteiger partial charge in [0.15, 0.2) is 0 Å². The number of hydrogen-bond donors (Lipinski definition) is 1. The van der Waals surface area contributed by atoms with Gasteiger partial charge in [-0.2, -0.15) is 0 Å². The quantitative estimate of drug-likeness (QED) is 0.796. The Morgan fingerprint density at radius 2 is 1.86 bits per heavy atom. The van der Waals surface area contributed by atoms with E-state index in [1.165, 1.54) is 32.4 Å². The molecule has 2 N–H and O–H groups in total. The lowest BCUT2D eigenvalue weighted by Gasteiger charge is -2.25. The van der Waals surface area contributed by atoms with E-state index in [2.05, 4.69) is 4.90 Å². The van der Waals surface area contributed by atoms with Gasteiger partial charge in [-0.05, 0) is 38.1 Å². The molecule has 2 heterocycles. The van der Waals surface area contributed by atoms with Crippen LogP contribution in [0.2, 0.25) is 0 Å². The van der Waals surface area contributed by atoms with Crippen LogP contribution in [0, 0.1) is 0 Å². The molecule has 1 aliphatic heterocycles. The molecule has 2 rings (SSSR count). The van der Waals surface area contributed by atoms with Gasteiger partial charge in [-0.1, -0.05) is 6.42 Å². The Morgan fingerprint density at radius 3 is 2.50 bits per heavy atom. The molecular weight excluding hydrogens is 176 g/mol. The van der Waals surface area contributed by atoms with Crippen molar-refractivity contribution < 1.29 is 4.42 Å². The van der Waals surface area contributed by atoms with E-state index in [0.29, 0.717) is 6.54 Å². The average molecular weight is 194 g/mol. The lowest BCUT2D eigenvalue weighted by Crippen LogP contribution is -2.28. The highest BCUT2D eigenvalue weighted by molar-refractivity contribution is 5.06. The van der Waals surface area contributed by atoms with Gasteiger partial charge in [0, 0.05) is 0 Å². The Morgan fingerprint density at radius 1 is 1.14 bits per heavy atom. The first kappa shape index (κ1) is 9.74. The first-order chi connectivity index (χ1) is 6.88. The lowest BCUT2D eigenvalue weighted by atomic mass is 10.1. The molecule has 0 unspecified atom stereocenters. The molecule has 0 saturated carbocycles. The molecule has 1 fully saturated rings. The molecule has 0 spiro atoms. The number of nitrogens with two attached hydrogens (primary N) is 1. The maximum absolute atomic E-state index is 5.57. The molecule has 78 valence electrons. The number of nitrogens with zero attached hydrogens (tertiary/aromatic N) is 1. The molecule has 3 heteroatoms. The minimum atomic E-state index is 0.500. The van der Waals surface area contributed by atoms with Crippen LogP contribution in [0.5, 0.6) is 0 Å². The van der Waals surface area contributed by atoms with Crippen molar-refractivity contribution in [2.45, 2.75) is 32.4 Å². The van der Waals surface area contributed by atoms with Crippen molar-refractivity contribution in [3.8, 4) is 0 Å². The minimum absolute atomic E-state index is 0.500. The normalized spacial score (nSPS) is 18.6. The fourth-order valence-corrected chi connectivity index (χ4v) is 1.95. The lowest BCUT2D eigenvalue weighted by molar-refractivity contribution is 0.203. The third-order valence-electron chi connectivity index (χ3n) is 2.75. The van der Waals surface area contributed by atoms with Crippen molar-refractivity contribution in [1.29, 1.82) is 0 Å². The SMILES string of the molecule is NCc1ccc(CN2CCCCC2)o1. The van der Waals surface area contributed by atoms with Crippen molar-refractivity contribution in [1.82, 2.24) is 4.90 Å². The van der Waals surface area contributed by atoms with E-state index in [4.69, 9.17) is 10.2 Å². The van der Waals surface area contributed by atoms with Gasteiger partial charge in [0.1, 0.15) is 11.5 Å². The van der Waals surface area contributed by atoms with Crippen molar-refractivity contribution in [2.75, 3.05) is 13.1 Å². The van der Waals surface area contributed by atoms with Crippen LogP contribution < -0.4 is 5.73 Å². The van der Waals surface area contributed by atoms with E-state index in [9.17, 15) is 0 Å². The Labute approximate surface area is 84.9 Å². The summed E-state index contributed by atoms with van der Waals surface area (Å²) in [6.45, 7) is 3.86. The van der Waals surface area contributed by atoms with Gasteiger partial charge in [0.25, 0.3) is 0 Å². The fourth-order valence-electron chi connectivity index (χ4n) is 1.95. The van der Waals surface area contributed by atoms with E-state index in [1.54, 1.807) is 0 Å². The van der Waals surface area contributed by atoms with Crippen molar-refractivity contribution in [3.63, 3.8) is 0 Å². The van der Waals surface area contributed by atoms with Gasteiger partial charge >= 0.3 is 0 Å². The predicted octanol–water partition coefficient (Wildman–Crippen LogP) is 1.72. The van der Waals surface area contributed by atoms with E-state index in [0.717, 1.165) is 18.1 Å². The number of likely N-dealkylation sites (tertiary alicyclic amines) is 1. The van der Waals surface area contributed by atoms with E-state index >= 15 is 0 Å². The van der Waals surface area contributed by atoms with Crippen LogP contribution in [0.3, 0.4) is 0 Å². The van der Waals surface area contributed by atoms with Crippen LogP contribution in [0.4, 0.5) is 0 Å². The maximum atomic E-state index is 5.57. The van der Waals surface area contributed by atoms with Gasteiger partial charge in [-0.15, -0.1) is 0 Å². The molecule has 0 bridgehead atoms. The number of hydrogen-bond acceptors (Lipinski definition) is 3. The second kappa shape index (κ2) is 4.62. The molecular formula is C11H18N2O. The molecule has 0 aromatic carbocycles. The van der Waals surface area contributed by atoms with Crippen molar-refractivity contribution in [2.24, 2.45) is 5.73 Å². The third-order valence-corrected chi connectivity index (χ3v) is 2.75. The fraction of sp³-hybridized carbons (Fsp3) is 0.636. The molecule has 1 saturated heterocycles. The zero-order valence-electron chi connectivity index (χ0n) is 8.54. The van der Waals surface area contributed by atoms with Crippen LogP contribution in [-0.2, 0) is 13.1 Å². The minimum Gasteiger partial charge on any atom is -0.463 e. The maximum Gasteiger partial charge on any atom is 0.118 e. The monoisotopic (exact) mass is 194 g/mol. The highest BCUT2D eigenvalue weighted by Gasteiger charge is 2.11. The molecule has 3 nitrogen and oxygen atoms in total. The first-order valence-corrected chi connectivity index (χ1v) is 5.38. The summed E-state index contributed by atoms with van der Waals surface area (Å²) in [4.78, 5) is 2.45. The highest BCUT2D eigenvalue weighted by Crippen LogP contribution is 2.14. The molecule has 0 atom stereocenters. The van der Waals surface area contributed by atoms with Crippen molar-refractivity contribution >= 4 is 0 Å². The van der Waals surface area contributed by atoms with Gasteiger partial charge in [-0.3, -0.25) is 4.90 Å². The smallest absolute Gasteiger partial charge is 0.118 e. The van der Waals surface area contributed by atoms with E-state index in [1.807, 2.05) is 12.1 Å². The summed E-state index contributed by atoms with van der Waals surface area (Å²) >= 11 is 0. The summed E-state index contributed by atoms with van der Waals surface area (Å²) in [5.41, 5.74) is 5.49. The summed E-state index contributed by atoms with van der Waals surface area (Å²) in [5.74, 6) is 1.93. The summed E-state index contributed by atoms with van der Waals surface area (Å²) < 4.78 is 5.57. The Bertz CT molecular complexity index is 277. The zero-order valence-corrected chi connectivity index (χ0v) is 8.54. The number of piperidine rings is 1. The van der Waals surface area contributed by atoms with Crippen LogP contribution in [-0.4, -0.2) is 18.0 Å².